The molecule has 0 aliphatic carbocycles. The number of H-pyrrole nitrogens is 1. The molecule has 0 saturated carbocycles. The maximum atomic E-state index is 14.8. The van der Waals surface area contributed by atoms with E-state index in [2.05, 4.69) is 38.5 Å². The van der Waals surface area contributed by atoms with Crippen LogP contribution in [0.4, 0.5) is 10.2 Å². The predicted molar refractivity (Wildman–Crippen MR) is 135 cm³/mol. The van der Waals surface area contributed by atoms with Crippen molar-refractivity contribution in [2.75, 3.05) is 25.0 Å². The lowest BCUT2D eigenvalue weighted by Gasteiger charge is -2.48. The lowest BCUT2D eigenvalue weighted by Crippen LogP contribution is -2.67. The fourth-order valence-electron chi connectivity index (χ4n) is 4.24. The van der Waals surface area contributed by atoms with Crippen molar-refractivity contribution < 1.29 is 9.13 Å². The fourth-order valence-corrected chi connectivity index (χ4v) is 4.82. The van der Waals surface area contributed by atoms with Crippen molar-refractivity contribution in [3.05, 3.63) is 63.8 Å². The van der Waals surface area contributed by atoms with E-state index in [9.17, 15) is 9.65 Å². The van der Waals surface area contributed by atoms with Crippen LogP contribution >= 0.6 is 23.2 Å². The Hall–Kier alpha value is -3.49. The normalized spacial score (nSPS) is 15.4. The summed E-state index contributed by atoms with van der Waals surface area (Å²) < 4.78 is 20.5. The van der Waals surface area contributed by atoms with Gasteiger partial charge in [-0.1, -0.05) is 23.2 Å². The molecule has 36 heavy (non-hydrogen) atoms. The summed E-state index contributed by atoms with van der Waals surface area (Å²) in [6.45, 7) is 3.59. The molecule has 5 rings (SSSR count). The summed E-state index contributed by atoms with van der Waals surface area (Å²) in [5, 5.41) is 21.2. The Morgan fingerprint density at radius 2 is 1.97 bits per heavy atom. The Kier molecular flexibility index (Phi) is 6.18. The molecule has 9 nitrogen and oxygen atoms in total. The number of fused-ring (bicyclic) bond motifs is 1. The van der Waals surface area contributed by atoms with Crippen LogP contribution in [0, 0.1) is 17.1 Å². The summed E-state index contributed by atoms with van der Waals surface area (Å²) >= 11 is 12.3. The Balaban J connectivity index is 1.48. The van der Waals surface area contributed by atoms with Gasteiger partial charge < -0.3 is 15.0 Å². The first-order valence-corrected chi connectivity index (χ1v) is 11.7. The molecule has 12 heteroatoms. The number of nitrogens with one attached hydrogen (secondary N) is 2. The van der Waals surface area contributed by atoms with Crippen molar-refractivity contribution in [2.45, 2.75) is 18.7 Å². The Morgan fingerprint density at radius 3 is 2.64 bits per heavy atom. The maximum absolute atomic E-state index is 14.8. The van der Waals surface area contributed by atoms with Crippen molar-refractivity contribution in [3.8, 4) is 23.1 Å². The average Bonchev–Trinajstić information content (AvgIpc) is 3.24. The zero-order chi connectivity index (χ0) is 25.6. The summed E-state index contributed by atoms with van der Waals surface area (Å²) in [7, 11) is 1.91. The minimum Gasteiger partial charge on any atom is -0.468 e. The number of benzene rings is 1. The fraction of sp³-hybridized carbons (Fsp3) is 0.250. The molecule has 3 aromatic heterocycles. The van der Waals surface area contributed by atoms with Crippen molar-refractivity contribution in [3.63, 3.8) is 0 Å². The van der Waals surface area contributed by atoms with Gasteiger partial charge in [0.2, 0.25) is 0 Å². The summed E-state index contributed by atoms with van der Waals surface area (Å²) in [6, 6.07) is 6.69. The molecule has 0 unspecified atom stereocenters. The van der Waals surface area contributed by atoms with Gasteiger partial charge in [-0.2, -0.15) is 10.4 Å². The quantitative estimate of drug-likeness (QED) is 0.319. The lowest BCUT2D eigenvalue weighted by atomic mass is 9.92. The number of aromatic amines is 1. The number of halogens is 3. The molecule has 1 aromatic carbocycles. The van der Waals surface area contributed by atoms with Crippen LogP contribution in [0.25, 0.3) is 22.2 Å². The van der Waals surface area contributed by atoms with Crippen LogP contribution in [0.2, 0.25) is 10.0 Å². The number of nitrogens with zero attached hydrogens (tertiary/aromatic N) is 5. The van der Waals surface area contributed by atoms with Crippen LogP contribution in [0.15, 0.2) is 36.8 Å². The van der Waals surface area contributed by atoms with E-state index in [1.165, 1.54) is 24.5 Å². The maximum Gasteiger partial charge on any atom is 0.177 e. The molecule has 0 amide bonds. The van der Waals surface area contributed by atoms with E-state index in [-0.39, 0.29) is 21.3 Å². The van der Waals surface area contributed by atoms with E-state index >= 15 is 0 Å². The molecule has 1 saturated heterocycles. The highest BCUT2D eigenvalue weighted by atomic mass is 35.5. The van der Waals surface area contributed by atoms with Crippen molar-refractivity contribution in [2.24, 2.45) is 5.73 Å². The van der Waals surface area contributed by atoms with Gasteiger partial charge in [-0.15, -0.1) is 0 Å². The number of hydrogen-bond donors (Lipinski definition) is 3. The highest BCUT2D eigenvalue weighted by Crippen LogP contribution is 2.36. The topological polar surface area (TPSA) is 129 Å². The number of hydrogen-bond acceptors (Lipinski definition) is 8. The molecule has 0 spiro atoms. The van der Waals surface area contributed by atoms with Crippen molar-refractivity contribution >= 4 is 39.9 Å². The third-order valence-corrected chi connectivity index (χ3v) is 6.89. The van der Waals surface area contributed by atoms with Crippen molar-refractivity contribution in [1.82, 2.24) is 25.5 Å². The molecule has 1 fully saturated rings. The predicted octanol–water partition coefficient (Wildman–Crippen LogP) is 4.17. The van der Waals surface area contributed by atoms with Crippen LogP contribution in [0.5, 0.6) is 5.75 Å². The Morgan fingerprint density at radius 1 is 1.25 bits per heavy atom. The molecular formula is C24H21Cl2FN8O. The smallest absolute Gasteiger partial charge is 0.177 e. The molecule has 184 valence electrons. The lowest BCUT2D eigenvalue weighted by molar-refractivity contribution is 0.205. The second kappa shape index (κ2) is 9.19. The zero-order valence-electron chi connectivity index (χ0n) is 19.3. The molecule has 1 aliphatic heterocycles. The average molecular weight is 527 g/mol. The first-order valence-electron chi connectivity index (χ1n) is 11.0. The van der Waals surface area contributed by atoms with Gasteiger partial charge >= 0.3 is 0 Å². The van der Waals surface area contributed by atoms with Gasteiger partial charge in [0.15, 0.2) is 17.8 Å². The van der Waals surface area contributed by atoms with Gasteiger partial charge in [0, 0.05) is 54.3 Å². The minimum absolute atomic E-state index is 0.0164. The van der Waals surface area contributed by atoms with Crippen LogP contribution in [0.3, 0.4) is 0 Å². The first-order chi connectivity index (χ1) is 17.2. The first kappa shape index (κ1) is 24.2. The van der Waals surface area contributed by atoms with Gasteiger partial charge in [-0.25, -0.2) is 9.37 Å². The third kappa shape index (κ3) is 4.20. The second-order valence-electron chi connectivity index (χ2n) is 8.83. The van der Waals surface area contributed by atoms with Crippen LogP contribution < -0.4 is 20.7 Å². The van der Waals surface area contributed by atoms with E-state index in [0.717, 1.165) is 13.1 Å². The summed E-state index contributed by atoms with van der Waals surface area (Å²) in [6.07, 6.45) is 3.26. The number of aromatic nitrogens is 4. The van der Waals surface area contributed by atoms with Crippen LogP contribution in [-0.2, 0) is 0 Å². The Bertz CT molecular complexity index is 1490. The number of likely N-dealkylation sites (N-methyl/N-ethyl adjacent to an activating group) is 1. The highest BCUT2D eigenvalue weighted by Gasteiger charge is 2.39. The molecular weight excluding hydrogens is 506 g/mol. The van der Waals surface area contributed by atoms with Gasteiger partial charge in [0.05, 0.1) is 26.7 Å². The summed E-state index contributed by atoms with van der Waals surface area (Å²) in [5.74, 6) is -0.148. The van der Waals surface area contributed by atoms with Gasteiger partial charge in [-0.3, -0.25) is 15.8 Å². The molecule has 1 atom stereocenters. The van der Waals surface area contributed by atoms with E-state index in [4.69, 9.17) is 33.7 Å². The van der Waals surface area contributed by atoms with E-state index in [1.807, 2.05) is 11.9 Å². The molecule has 1 aliphatic rings. The third-order valence-electron chi connectivity index (χ3n) is 6.29. The number of nitriles is 1. The molecule has 0 bridgehead atoms. The SMILES string of the molecule is CNC1(C)CN(c2ncc(-c3n[nH]c4cc(F)c(O[C@H](N)c5c(Cl)cncc5Cl)cc34)cc2C#N)C1. The Labute approximate surface area is 216 Å². The van der Waals surface area contributed by atoms with Gasteiger partial charge in [0.1, 0.15) is 17.6 Å². The molecule has 4 heterocycles. The van der Waals surface area contributed by atoms with E-state index in [1.54, 1.807) is 12.3 Å². The molecule has 4 aromatic rings. The van der Waals surface area contributed by atoms with E-state index < -0.39 is 12.0 Å². The number of pyridine rings is 2. The monoisotopic (exact) mass is 526 g/mol. The molecule has 0 radical (unpaired) electrons. The zero-order valence-corrected chi connectivity index (χ0v) is 20.8. The second-order valence-corrected chi connectivity index (χ2v) is 9.64. The largest absolute Gasteiger partial charge is 0.468 e. The van der Waals surface area contributed by atoms with Gasteiger partial charge in [0.25, 0.3) is 0 Å². The summed E-state index contributed by atoms with van der Waals surface area (Å²) in [4.78, 5) is 10.5. The van der Waals surface area contributed by atoms with E-state index in [0.29, 0.717) is 39.1 Å². The van der Waals surface area contributed by atoms with Crippen LogP contribution in [0.1, 0.15) is 24.3 Å². The minimum atomic E-state index is -1.14. The molecule has 4 N–H and O–H groups in total. The number of anilines is 1. The highest BCUT2D eigenvalue weighted by molar-refractivity contribution is 6.35. The van der Waals surface area contributed by atoms with Gasteiger partial charge in [-0.05, 0) is 26.1 Å². The number of rotatable bonds is 6. The number of ether oxygens (including phenoxy) is 1. The summed E-state index contributed by atoms with van der Waals surface area (Å²) in [5.41, 5.74) is 8.36. The number of nitrogens with two attached hydrogens (primary N) is 1. The van der Waals surface area contributed by atoms with Crippen molar-refractivity contribution in [1.29, 1.82) is 5.26 Å². The standard InChI is InChI=1S/C24H21Cl2FN8O/c1-24(30-2)10-35(11-24)23-12(6-28)3-13(7-32-23)21-14-4-19(17(27)5-18(14)33-34-21)36-22(29)20-15(25)8-31-9-16(20)26/h3-5,7-9,22,30H,10-11,29H2,1-2H3,(H,33,34)/t22-/m0/s1. The van der Waals surface area contributed by atoms with Crippen LogP contribution in [-0.4, -0.2) is 45.8 Å².